The van der Waals surface area contributed by atoms with Crippen molar-refractivity contribution in [3.8, 4) is 16.3 Å². The number of hydrogen-bond acceptors (Lipinski definition) is 4. The third-order valence-electron chi connectivity index (χ3n) is 2.26. The summed E-state index contributed by atoms with van der Waals surface area (Å²) in [5.74, 6) is -0.556. The average molecular weight is 284 g/mol. The summed E-state index contributed by atoms with van der Waals surface area (Å²) in [5, 5.41) is 12.0. The number of carboxylic acids is 1. The van der Waals surface area contributed by atoms with Crippen LogP contribution >= 0.6 is 22.9 Å². The van der Waals surface area contributed by atoms with Crippen LogP contribution in [0.2, 0.25) is 5.02 Å². The first-order valence-electron chi connectivity index (χ1n) is 5.17. The number of hydrogen-bond donors (Lipinski definition) is 1. The molecule has 0 amide bonds. The number of carbonyl (C=O) groups is 1. The van der Waals surface area contributed by atoms with Crippen molar-refractivity contribution in [1.82, 2.24) is 4.98 Å². The van der Waals surface area contributed by atoms with Crippen LogP contribution in [-0.2, 0) is 4.79 Å². The van der Waals surface area contributed by atoms with Gasteiger partial charge in [0, 0.05) is 16.6 Å². The lowest BCUT2D eigenvalue weighted by atomic mass is 10.2. The Balaban J connectivity index is 2.38. The van der Waals surface area contributed by atoms with Crippen molar-refractivity contribution >= 4 is 28.9 Å². The second-order valence-electron chi connectivity index (χ2n) is 3.58. The highest BCUT2D eigenvalue weighted by Gasteiger charge is 2.16. The monoisotopic (exact) mass is 283 g/mol. The molecular weight excluding hydrogens is 274 g/mol. The molecule has 6 heteroatoms. The first-order valence-corrected chi connectivity index (χ1v) is 6.42. The standard InChI is InChI=1S/C12H10ClNO3S/c1-7(12(15)16)17-10-3-2-8(13)6-9(10)11-14-4-5-18-11/h2-7H,1H3,(H,15,16)/t7-/m0/s1. The molecule has 0 aliphatic rings. The Kier molecular flexibility index (Phi) is 3.84. The van der Waals surface area contributed by atoms with E-state index in [1.54, 1.807) is 24.4 Å². The van der Waals surface area contributed by atoms with Crippen LogP contribution < -0.4 is 4.74 Å². The Bertz CT molecular complexity index is 556. The van der Waals surface area contributed by atoms with Gasteiger partial charge in [-0.05, 0) is 25.1 Å². The summed E-state index contributed by atoms with van der Waals surface area (Å²) in [6.45, 7) is 1.47. The van der Waals surface area contributed by atoms with E-state index in [9.17, 15) is 4.79 Å². The number of rotatable bonds is 4. The number of carboxylic acid groups (broad SMARTS) is 1. The summed E-state index contributed by atoms with van der Waals surface area (Å²) in [5.41, 5.74) is 0.700. The molecule has 2 aromatic rings. The van der Waals surface area contributed by atoms with Crippen molar-refractivity contribution in [3.05, 3.63) is 34.8 Å². The van der Waals surface area contributed by atoms with Crippen molar-refractivity contribution in [2.24, 2.45) is 0 Å². The lowest BCUT2D eigenvalue weighted by Gasteiger charge is -2.13. The van der Waals surface area contributed by atoms with Gasteiger partial charge in [0.05, 0.1) is 5.56 Å². The summed E-state index contributed by atoms with van der Waals surface area (Å²) in [4.78, 5) is 15.0. The molecule has 0 bridgehead atoms. The van der Waals surface area contributed by atoms with Crippen LogP contribution in [0.25, 0.3) is 10.6 Å². The van der Waals surface area contributed by atoms with Gasteiger partial charge in [-0.15, -0.1) is 11.3 Å². The number of halogens is 1. The lowest BCUT2D eigenvalue weighted by Crippen LogP contribution is -2.23. The van der Waals surface area contributed by atoms with Gasteiger partial charge in [0.15, 0.2) is 6.10 Å². The van der Waals surface area contributed by atoms with Crippen LogP contribution in [0.3, 0.4) is 0 Å². The fraction of sp³-hybridized carbons (Fsp3) is 0.167. The van der Waals surface area contributed by atoms with Crippen LogP contribution in [-0.4, -0.2) is 22.2 Å². The molecule has 1 N–H and O–H groups in total. The number of aliphatic carboxylic acids is 1. The van der Waals surface area contributed by atoms with E-state index in [0.29, 0.717) is 16.3 Å². The Hall–Kier alpha value is -1.59. The van der Waals surface area contributed by atoms with Crippen LogP contribution in [0.15, 0.2) is 29.8 Å². The zero-order chi connectivity index (χ0) is 13.1. The summed E-state index contributed by atoms with van der Waals surface area (Å²) in [6.07, 6.45) is 0.746. The second-order valence-corrected chi connectivity index (χ2v) is 4.91. The molecule has 0 saturated carbocycles. The van der Waals surface area contributed by atoms with Gasteiger partial charge in [0.2, 0.25) is 0 Å². The maximum Gasteiger partial charge on any atom is 0.344 e. The van der Waals surface area contributed by atoms with Crippen molar-refractivity contribution in [3.63, 3.8) is 0 Å². The first-order chi connectivity index (χ1) is 8.58. The highest BCUT2D eigenvalue weighted by Crippen LogP contribution is 2.34. The van der Waals surface area contributed by atoms with Gasteiger partial charge >= 0.3 is 5.97 Å². The van der Waals surface area contributed by atoms with E-state index in [1.165, 1.54) is 18.3 Å². The fourth-order valence-electron chi connectivity index (χ4n) is 1.37. The van der Waals surface area contributed by atoms with E-state index in [4.69, 9.17) is 21.4 Å². The van der Waals surface area contributed by atoms with Gasteiger partial charge in [0.25, 0.3) is 0 Å². The molecule has 0 unspecified atom stereocenters. The summed E-state index contributed by atoms with van der Waals surface area (Å²) < 4.78 is 5.39. The number of benzene rings is 1. The first kappa shape index (κ1) is 12.9. The van der Waals surface area contributed by atoms with Gasteiger partial charge in [0.1, 0.15) is 10.8 Å². The van der Waals surface area contributed by atoms with E-state index in [-0.39, 0.29) is 0 Å². The van der Waals surface area contributed by atoms with E-state index in [2.05, 4.69) is 4.98 Å². The van der Waals surface area contributed by atoms with Crippen molar-refractivity contribution in [2.75, 3.05) is 0 Å². The molecular formula is C12H10ClNO3S. The molecule has 4 nitrogen and oxygen atoms in total. The summed E-state index contributed by atoms with van der Waals surface area (Å²) in [7, 11) is 0. The minimum atomic E-state index is -1.02. The molecule has 0 fully saturated rings. The minimum absolute atomic E-state index is 0.462. The topological polar surface area (TPSA) is 59.4 Å². The minimum Gasteiger partial charge on any atom is -0.479 e. The Morgan fingerprint density at radius 3 is 2.94 bits per heavy atom. The third-order valence-corrected chi connectivity index (χ3v) is 3.30. The average Bonchev–Trinajstić information content (AvgIpc) is 2.84. The lowest BCUT2D eigenvalue weighted by molar-refractivity contribution is -0.144. The van der Waals surface area contributed by atoms with Gasteiger partial charge in [-0.25, -0.2) is 9.78 Å². The van der Waals surface area contributed by atoms with Crippen LogP contribution in [0.5, 0.6) is 5.75 Å². The molecule has 0 radical (unpaired) electrons. The largest absolute Gasteiger partial charge is 0.479 e. The van der Waals surface area contributed by atoms with E-state index in [0.717, 1.165) is 5.01 Å². The van der Waals surface area contributed by atoms with Crippen LogP contribution in [0, 0.1) is 0 Å². The molecule has 1 heterocycles. The summed E-state index contributed by atoms with van der Waals surface area (Å²) in [6, 6.07) is 5.02. The highest BCUT2D eigenvalue weighted by molar-refractivity contribution is 7.13. The Labute approximate surface area is 113 Å². The molecule has 94 valence electrons. The maximum absolute atomic E-state index is 10.8. The van der Waals surface area contributed by atoms with Crippen molar-refractivity contribution < 1.29 is 14.6 Å². The molecule has 2 rings (SSSR count). The molecule has 1 aromatic heterocycles. The van der Waals surface area contributed by atoms with Crippen LogP contribution in [0.1, 0.15) is 6.92 Å². The molecule has 18 heavy (non-hydrogen) atoms. The molecule has 1 aromatic carbocycles. The Morgan fingerprint density at radius 1 is 1.56 bits per heavy atom. The van der Waals surface area contributed by atoms with Gasteiger partial charge in [-0.3, -0.25) is 0 Å². The van der Waals surface area contributed by atoms with Crippen molar-refractivity contribution in [2.45, 2.75) is 13.0 Å². The second kappa shape index (κ2) is 5.37. The molecule has 0 saturated heterocycles. The molecule has 0 aliphatic carbocycles. The maximum atomic E-state index is 10.8. The van der Waals surface area contributed by atoms with Gasteiger partial charge in [-0.2, -0.15) is 0 Å². The molecule has 0 aliphatic heterocycles. The number of thiazole rings is 1. The summed E-state index contributed by atoms with van der Waals surface area (Å²) >= 11 is 7.37. The zero-order valence-corrected chi connectivity index (χ0v) is 11.0. The van der Waals surface area contributed by atoms with Gasteiger partial charge in [-0.1, -0.05) is 11.6 Å². The van der Waals surface area contributed by atoms with E-state index in [1.807, 2.05) is 5.38 Å². The predicted octanol–water partition coefficient (Wildman–Crippen LogP) is 3.32. The third kappa shape index (κ3) is 2.80. The zero-order valence-electron chi connectivity index (χ0n) is 9.46. The quantitative estimate of drug-likeness (QED) is 0.935. The number of ether oxygens (including phenoxy) is 1. The highest BCUT2D eigenvalue weighted by atomic mass is 35.5. The number of aromatic nitrogens is 1. The normalized spacial score (nSPS) is 12.1. The van der Waals surface area contributed by atoms with E-state index < -0.39 is 12.1 Å². The molecule has 1 atom stereocenters. The SMILES string of the molecule is C[C@H](Oc1ccc(Cl)cc1-c1nccs1)C(=O)O. The number of nitrogens with zero attached hydrogens (tertiary/aromatic N) is 1. The van der Waals surface area contributed by atoms with Crippen LogP contribution in [0.4, 0.5) is 0 Å². The smallest absolute Gasteiger partial charge is 0.344 e. The van der Waals surface area contributed by atoms with E-state index >= 15 is 0 Å². The molecule has 0 spiro atoms. The van der Waals surface area contributed by atoms with Crippen molar-refractivity contribution in [1.29, 1.82) is 0 Å². The fourth-order valence-corrected chi connectivity index (χ4v) is 2.20. The van der Waals surface area contributed by atoms with Gasteiger partial charge < -0.3 is 9.84 Å². The Morgan fingerprint density at radius 2 is 2.33 bits per heavy atom. The predicted molar refractivity (Wildman–Crippen MR) is 70.3 cm³/mol.